The molecule has 0 amide bonds. The molecule has 0 bridgehead atoms. The fourth-order valence-electron chi connectivity index (χ4n) is 1.85. The SMILES string of the molecule is CCCS(=O)(=O)CCOc1ccc(CC(C)N)cc1F. The minimum absolute atomic E-state index is 0.0358. The van der Waals surface area contributed by atoms with Crippen molar-refractivity contribution in [1.82, 2.24) is 0 Å². The van der Waals surface area contributed by atoms with E-state index < -0.39 is 15.7 Å². The van der Waals surface area contributed by atoms with Crippen molar-refractivity contribution in [3.05, 3.63) is 29.6 Å². The van der Waals surface area contributed by atoms with Gasteiger partial charge in [-0.15, -0.1) is 0 Å². The number of sulfone groups is 1. The third-order valence-corrected chi connectivity index (χ3v) is 4.54. The number of hydrogen-bond donors (Lipinski definition) is 1. The average Bonchev–Trinajstić information content (AvgIpc) is 2.31. The second kappa shape index (κ2) is 7.59. The molecule has 0 saturated heterocycles. The van der Waals surface area contributed by atoms with Gasteiger partial charge in [-0.2, -0.15) is 0 Å². The van der Waals surface area contributed by atoms with Crippen molar-refractivity contribution in [3.8, 4) is 5.75 Å². The number of nitrogens with two attached hydrogens (primary N) is 1. The van der Waals surface area contributed by atoms with Crippen LogP contribution in [0.15, 0.2) is 18.2 Å². The maximum absolute atomic E-state index is 13.8. The number of halogens is 1. The summed E-state index contributed by atoms with van der Waals surface area (Å²) in [6, 6.07) is 4.58. The van der Waals surface area contributed by atoms with Crippen molar-refractivity contribution in [1.29, 1.82) is 0 Å². The van der Waals surface area contributed by atoms with Crippen molar-refractivity contribution in [2.45, 2.75) is 32.7 Å². The van der Waals surface area contributed by atoms with Gasteiger partial charge in [0.25, 0.3) is 0 Å². The number of ether oxygens (including phenoxy) is 1. The van der Waals surface area contributed by atoms with Crippen LogP contribution in [0, 0.1) is 5.82 Å². The molecule has 0 fully saturated rings. The molecule has 1 aromatic carbocycles. The lowest BCUT2D eigenvalue weighted by molar-refractivity contribution is 0.322. The zero-order valence-corrected chi connectivity index (χ0v) is 12.7. The Bertz CT molecular complexity index is 529. The van der Waals surface area contributed by atoms with Crippen LogP contribution in [0.5, 0.6) is 5.75 Å². The molecule has 6 heteroatoms. The van der Waals surface area contributed by atoms with Gasteiger partial charge in [0.1, 0.15) is 6.61 Å². The van der Waals surface area contributed by atoms with Crippen molar-refractivity contribution in [3.63, 3.8) is 0 Å². The van der Waals surface area contributed by atoms with E-state index in [1.807, 2.05) is 6.92 Å². The third-order valence-electron chi connectivity index (χ3n) is 2.72. The summed E-state index contributed by atoms with van der Waals surface area (Å²) in [5.41, 5.74) is 6.44. The minimum Gasteiger partial charge on any atom is -0.489 e. The van der Waals surface area contributed by atoms with E-state index in [9.17, 15) is 12.8 Å². The summed E-state index contributed by atoms with van der Waals surface area (Å²) in [6.45, 7) is 3.61. The van der Waals surface area contributed by atoms with Crippen LogP contribution in [0.25, 0.3) is 0 Å². The van der Waals surface area contributed by atoms with Crippen molar-refractivity contribution < 1.29 is 17.5 Å². The average molecular weight is 303 g/mol. The summed E-state index contributed by atoms with van der Waals surface area (Å²) in [5.74, 6) is -0.380. The normalized spacial score (nSPS) is 13.2. The van der Waals surface area contributed by atoms with E-state index in [0.29, 0.717) is 12.8 Å². The van der Waals surface area contributed by atoms with Gasteiger partial charge < -0.3 is 10.5 Å². The second-order valence-electron chi connectivity index (χ2n) is 4.95. The third kappa shape index (κ3) is 5.88. The van der Waals surface area contributed by atoms with Crippen LogP contribution in [-0.2, 0) is 16.3 Å². The van der Waals surface area contributed by atoms with Crippen LogP contribution in [0.2, 0.25) is 0 Å². The highest BCUT2D eigenvalue weighted by Crippen LogP contribution is 2.19. The predicted molar refractivity (Wildman–Crippen MR) is 78.2 cm³/mol. The van der Waals surface area contributed by atoms with E-state index in [1.54, 1.807) is 13.0 Å². The minimum atomic E-state index is -3.10. The van der Waals surface area contributed by atoms with Gasteiger partial charge in [-0.1, -0.05) is 13.0 Å². The number of benzene rings is 1. The van der Waals surface area contributed by atoms with Gasteiger partial charge in [0.15, 0.2) is 21.4 Å². The molecule has 0 aliphatic carbocycles. The van der Waals surface area contributed by atoms with Crippen LogP contribution in [0.4, 0.5) is 4.39 Å². The quantitative estimate of drug-likeness (QED) is 0.796. The van der Waals surface area contributed by atoms with Crippen LogP contribution >= 0.6 is 0 Å². The largest absolute Gasteiger partial charge is 0.489 e. The summed E-state index contributed by atoms with van der Waals surface area (Å²) in [4.78, 5) is 0. The summed E-state index contributed by atoms with van der Waals surface area (Å²) >= 11 is 0. The molecule has 0 radical (unpaired) electrons. The van der Waals surface area contributed by atoms with Gasteiger partial charge in [-0.25, -0.2) is 12.8 Å². The Morgan fingerprint density at radius 2 is 2.05 bits per heavy atom. The van der Waals surface area contributed by atoms with E-state index in [4.69, 9.17) is 10.5 Å². The summed E-state index contributed by atoms with van der Waals surface area (Å²) in [5, 5.41) is 0. The van der Waals surface area contributed by atoms with Crippen LogP contribution < -0.4 is 10.5 Å². The van der Waals surface area contributed by atoms with Crippen LogP contribution in [0.3, 0.4) is 0 Å². The molecule has 0 aromatic heterocycles. The standard InChI is InChI=1S/C14H22FNO3S/c1-3-7-20(17,18)8-6-19-14-5-4-12(9-11(2)16)10-13(14)15/h4-5,10-11H,3,6-9,16H2,1-2H3. The van der Waals surface area contributed by atoms with E-state index >= 15 is 0 Å². The molecule has 0 aliphatic rings. The van der Waals surface area contributed by atoms with Crippen LogP contribution in [-0.4, -0.2) is 32.6 Å². The first kappa shape index (κ1) is 16.9. The Hall–Kier alpha value is -1.14. The molecular weight excluding hydrogens is 281 g/mol. The lowest BCUT2D eigenvalue weighted by Gasteiger charge is -2.10. The fourth-order valence-corrected chi connectivity index (χ4v) is 3.02. The van der Waals surface area contributed by atoms with E-state index in [1.165, 1.54) is 12.1 Å². The van der Waals surface area contributed by atoms with Crippen molar-refractivity contribution >= 4 is 9.84 Å². The zero-order chi connectivity index (χ0) is 15.2. The van der Waals surface area contributed by atoms with E-state index in [-0.39, 0.29) is 29.9 Å². The summed E-state index contributed by atoms with van der Waals surface area (Å²) in [7, 11) is -3.10. The van der Waals surface area contributed by atoms with Gasteiger partial charge in [-0.05, 0) is 37.5 Å². The first-order chi connectivity index (χ1) is 9.34. The molecule has 1 unspecified atom stereocenters. The molecule has 0 saturated carbocycles. The highest BCUT2D eigenvalue weighted by molar-refractivity contribution is 7.91. The predicted octanol–water partition coefficient (Wildman–Crippen LogP) is 1.92. The molecule has 2 N–H and O–H groups in total. The Morgan fingerprint density at radius 3 is 2.60 bits per heavy atom. The maximum atomic E-state index is 13.8. The molecule has 20 heavy (non-hydrogen) atoms. The highest BCUT2D eigenvalue weighted by Gasteiger charge is 2.11. The molecule has 0 spiro atoms. The topological polar surface area (TPSA) is 69.4 Å². The van der Waals surface area contributed by atoms with E-state index in [0.717, 1.165) is 5.56 Å². The Morgan fingerprint density at radius 1 is 1.35 bits per heavy atom. The number of hydrogen-bond acceptors (Lipinski definition) is 4. The molecular formula is C14H22FNO3S. The molecule has 0 heterocycles. The molecule has 1 atom stereocenters. The lowest BCUT2D eigenvalue weighted by atomic mass is 10.1. The van der Waals surface area contributed by atoms with Gasteiger partial charge in [-0.3, -0.25) is 0 Å². The summed E-state index contributed by atoms with van der Waals surface area (Å²) < 4.78 is 41.9. The Kier molecular flexibility index (Phi) is 6.42. The molecule has 0 aliphatic heterocycles. The Labute approximate surface area is 120 Å². The van der Waals surface area contributed by atoms with Gasteiger partial charge in [0.05, 0.1) is 11.5 Å². The first-order valence-electron chi connectivity index (χ1n) is 6.71. The molecule has 114 valence electrons. The monoisotopic (exact) mass is 303 g/mol. The molecule has 1 aromatic rings. The van der Waals surface area contributed by atoms with Gasteiger partial charge >= 0.3 is 0 Å². The summed E-state index contributed by atoms with van der Waals surface area (Å²) in [6.07, 6.45) is 1.16. The van der Waals surface area contributed by atoms with Crippen LogP contribution in [0.1, 0.15) is 25.8 Å². The molecule has 1 rings (SSSR count). The smallest absolute Gasteiger partial charge is 0.165 e. The second-order valence-corrected chi connectivity index (χ2v) is 7.25. The Balaban J connectivity index is 2.57. The lowest BCUT2D eigenvalue weighted by Crippen LogP contribution is -2.18. The zero-order valence-electron chi connectivity index (χ0n) is 11.9. The highest BCUT2D eigenvalue weighted by atomic mass is 32.2. The van der Waals surface area contributed by atoms with Gasteiger partial charge in [0.2, 0.25) is 0 Å². The fraction of sp³-hybridized carbons (Fsp3) is 0.571. The molecule has 4 nitrogen and oxygen atoms in total. The maximum Gasteiger partial charge on any atom is 0.165 e. The van der Waals surface area contributed by atoms with Crippen molar-refractivity contribution in [2.75, 3.05) is 18.1 Å². The van der Waals surface area contributed by atoms with E-state index in [2.05, 4.69) is 0 Å². The first-order valence-corrected chi connectivity index (χ1v) is 8.53. The number of rotatable bonds is 8. The van der Waals surface area contributed by atoms with Crippen molar-refractivity contribution in [2.24, 2.45) is 5.73 Å². The van der Waals surface area contributed by atoms with Gasteiger partial charge in [0, 0.05) is 6.04 Å².